The van der Waals surface area contributed by atoms with E-state index in [1.165, 1.54) is 11.1 Å². The lowest BCUT2D eigenvalue weighted by Gasteiger charge is -2.31. The summed E-state index contributed by atoms with van der Waals surface area (Å²) in [5, 5.41) is 9.47. The maximum atomic E-state index is 4.76. The molecule has 0 aliphatic carbocycles. The van der Waals surface area contributed by atoms with Crippen LogP contribution in [0.25, 0.3) is 22.2 Å². The van der Waals surface area contributed by atoms with E-state index < -0.39 is 0 Å². The van der Waals surface area contributed by atoms with Gasteiger partial charge >= 0.3 is 0 Å². The number of hydrogen-bond acceptors (Lipinski definition) is 2. The van der Waals surface area contributed by atoms with Gasteiger partial charge in [-0.15, -0.1) is 0 Å². The Morgan fingerprint density at radius 1 is 0.783 bits per heavy atom. The van der Waals surface area contributed by atoms with Crippen LogP contribution in [0.15, 0.2) is 48.5 Å². The number of fused-ring (bicyclic) bond motifs is 1. The van der Waals surface area contributed by atoms with Crippen molar-refractivity contribution in [2.75, 3.05) is 0 Å². The van der Waals surface area contributed by atoms with Crippen molar-refractivity contribution >= 4 is 11.0 Å². The quantitative estimate of drug-likeness (QED) is 0.660. The number of aromatic nitrogens is 3. The standard InChI is InChI=1S/C20H25N3/c1-19(2,3)14-20(4,5)23-21-17-12-11-16(13-18(17)22-23)15-9-7-6-8-10-15/h6-13H,14H2,1-5H3. The summed E-state index contributed by atoms with van der Waals surface area (Å²) in [5.74, 6) is 0. The number of hydrogen-bond donors (Lipinski definition) is 0. The van der Waals surface area contributed by atoms with Crippen molar-refractivity contribution in [3.8, 4) is 11.1 Å². The molecule has 0 unspecified atom stereocenters. The summed E-state index contributed by atoms with van der Waals surface area (Å²) in [6.45, 7) is 11.2. The lowest BCUT2D eigenvalue weighted by Crippen LogP contribution is -2.33. The van der Waals surface area contributed by atoms with Crippen molar-refractivity contribution in [1.29, 1.82) is 0 Å². The highest BCUT2D eigenvalue weighted by molar-refractivity contribution is 5.80. The third kappa shape index (κ3) is 3.44. The monoisotopic (exact) mass is 307 g/mol. The van der Waals surface area contributed by atoms with Gasteiger partial charge in [-0.3, -0.25) is 0 Å². The van der Waals surface area contributed by atoms with Crippen LogP contribution in [0.1, 0.15) is 41.0 Å². The minimum absolute atomic E-state index is 0.107. The fraction of sp³-hybridized carbons (Fsp3) is 0.400. The van der Waals surface area contributed by atoms with Crippen LogP contribution in [-0.2, 0) is 5.54 Å². The van der Waals surface area contributed by atoms with E-state index in [4.69, 9.17) is 10.2 Å². The molecule has 0 amide bonds. The maximum Gasteiger partial charge on any atom is 0.113 e. The van der Waals surface area contributed by atoms with Crippen molar-refractivity contribution in [3.63, 3.8) is 0 Å². The van der Waals surface area contributed by atoms with Crippen LogP contribution >= 0.6 is 0 Å². The summed E-state index contributed by atoms with van der Waals surface area (Å²) < 4.78 is 0. The van der Waals surface area contributed by atoms with Gasteiger partial charge in [0.15, 0.2) is 0 Å². The molecule has 0 aliphatic heterocycles. The van der Waals surface area contributed by atoms with Crippen LogP contribution in [0, 0.1) is 5.41 Å². The lowest BCUT2D eigenvalue weighted by molar-refractivity contribution is 0.180. The minimum Gasteiger partial charge on any atom is -0.178 e. The third-order valence-corrected chi connectivity index (χ3v) is 3.99. The van der Waals surface area contributed by atoms with Gasteiger partial charge in [0.05, 0.1) is 5.54 Å². The molecular weight excluding hydrogens is 282 g/mol. The van der Waals surface area contributed by atoms with Crippen LogP contribution in [0.2, 0.25) is 0 Å². The zero-order chi connectivity index (χ0) is 16.7. The Kier molecular flexibility index (Phi) is 3.75. The van der Waals surface area contributed by atoms with Crippen molar-refractivity contribution in [1.82, 2.24) is 15.0 Å². The number of benzene rings is 2. The topological polar surface area (TPSA) is 30.7 Å². The predicted molar refractivity (Wildman–Crippen MR) is 96.4 cm³/mol. The summed E-state index contributed by atoms with van der Waals surface area (Å²) >= 11 is 0. The second kappa shape index (κ2) is 5.48. The molecule has 0 saturated carbocycles. The van der Waals surface area contributed by atoms with E-state index >= 15 is 0 Å². The first-order valence-electron chi connectivity index (χ1n) is 8.18. The van der Waals surface area contributed by atoms with Gasteiger partial charge in [-0.05, 0) is 48.9 Å². The average Bonchev–Trinajstić information content (AvgIpc) is 2.89. The molecule has 2 aromatic carbocycles. The number of rotatable bonds is 3. The van der Waals surface area contributed by atoms with Crippen molar-refractivity contribution < 1.29 is 0 Å². The molecule has 0 spiro atoms. The Bertz CT molecular complexity index is 808. The van der Waals surface area contributed by atoms with E-state index in [9.17, 15) is 0 Å². The zero-order valence-electron chi connectivity index (χ0n) is 14.7. The maximum absolute atomic E-state index is 4.76. The van der Waals surface area contributed by atoms with E-state index in [1.54, 1.807) is 0 Å². The lowest BCUT2D eigenvalue weighted by atomic mass is 9.82. The molecule has 0 bridgehead atoms. The van der Waals surface area contributed by atoms with Gasteiger partial charge in [0, 0.05) is 0 Å². The molecule has 120 valence electrons. The Hall–Kier alpha value is -2.16. The summed E-state index contributed by atoms with van der Waals surface area (Å²) in [4.78, 5) is 1.89. The molecule has 3 rings (SSSR count). The molecule has 0 radical (unpaired) electrons. The molecule has 23 heavy (non-hydrogen) atoms. The molecule has 0 atom stereocenters. The van der Waals surface area contributed by atoms with Crippen LogP contribution in [0.4, 0.5) is 0 Å². The highest BCUT2D eigenvalue weighted by Gasteiger charge is 2.29. The normalized spacial score (nSPS) is 12.7. The molecule has 3 heteroatoms. The predicted octanol–water partition coefficient (Wildman–Crippen LogP) is 5.27. The Morgan fingerprint density at radius 3 is 2.09 bits per heavy atom. The molecule has 0 saturated heterocycles. The SMILES string of the molecule is CC(C)(C)CC(C)(C)n1nc2ccc(-c3ccccc3)cc2n1. The smallest absolute Gasteiger partial charge is 0.113 e. The van der Waals surface area contributed by atoms with Crippen LogP contribution in [0.3, 0.4) is 0 Å². The molecule has 0 N–H and O–H groups in total. The second-order valence-corrected chi connectivity index (χ2v) is 8.11. The van der Waals surface area contributed by atoms with Gasteiger partial charge in [0.1, 0.15) is 11.0 Å². The average molecular weight is 307 g/mol. The minimum atomic E-state index is -0.107. The first-order chi connectivity index (χ1) is 10.7. The molecule has 3 aromatic rings. The Morgan fingerprint density at radius 2 is 1.43 bits per heavy atom. The van der Waals surface area contributed by atoms with Gasteiger partial charge in [-0.25, -0.2) is 0 Å². The summed E-state index contributed by atoms with van der Waals surface area (Å²) in [7, 11) is 0. The van der Waals surface area contributed by atoms with Gasteiger partial charge in [-0.2, -0.15) is 15.0 Å². The van der Waals surface area contributed by atoms with Gasteiger partial charge in [-0.1, -0.05) is 57.2 Å². The second-order valence-electron chi connectivity index (χ2n) is 8.11. The molecule has 0 aliphatic rings. The first kappa shape index (κ1) is 15.7. The van der Waals surface area contributed by atoms with Gasteiger partial charge in [0.2, 0.25) is 0 Å². The molecule has 0 fully saturated rings. The number of nitrogens with zero attached hydrogens (tertiary/aromatic N) is 3. The molecule has 1 aromatic heterocycles. The fourth-order valence-electron chi connectivity index (χ4n) is 3.36. The first-order valence-corrected chi connectivity index (χ1v) is 8.18. The van der Waals surface area contributed by atoms with Crippen molar-refractivity contribution in [2.45, 2.75) is 46.6 Å². The van der Waals surface area contributed by atoms with Gasteiger partial charge in [0.25, 0.3) is 0 Å². The van der Waals surface area contributed by atoms with E-state index in [2.05, 4.69) is 77.1 Å². The van der Waals surface area contributed by atoms with E-state index in [1.807, 2.05) is 10.9 Å². The van der Waals surface area contributed by atoms with Crippen LogP contribution in [0.5, 0.6) is 0 Å². The zero-order valence-corrected chi connectivity index (χ0v) is 14.7. The Labute approximate surface area is 138 Å². The van der Waals surface area contributed by atoms with Crippen molar-refractivity contribution in [2.24, 2.45) is 5.41 Å². The van der Waals surface area contributed by atoms with E-state index in [0.717, 1.165) is 17.5 Å². The fourth-order valence-corrected chi connectivity index (χ4v) is 3.36. The summed E-state index contributed by atoms with van der Waals surface area (Å²) in [6.07, 6.45) is 1.02. The largest absolute Gasteiger partial charge is 0.178 e. The van der Waals surface area contributed by atoms with Crippen LogP contribution < -0.4 is 0 Å². The summed E-state index contributed by atoms with van der Waals surface area (Å²) in [6, 6.07) is 16.7. The van der Waals surface area contributed by atoms with E-state index in [-0.39, 0.29) is 11.0 Å². The highest BCUT2D eigenvalue weighted by Crippen LogP contribution is 2.32. The van der Waals surface area contributed by atoms with Crippen molar-refractivity contribution in [3.05, 3.63) is 48.5 Å². The summed E-state index contributed by atoms with van der Waals surface area (Å²) in [5.41, 5.74) is 4.42. The molecular formula is C20H25N3. The van der Waals surface area contributed by atoms with E-state index in [0.29, 0.717) is 0 Å². The van der Waals surface area contributed by atoms with Crippen LogP contribution in [-0.4, -0.2) is 15.0 Å². The Balaban J connectivity index is 2.00. The van der Waals surface area contributed by atoms with Gasteiger partial charge < -0.3 is 0 Å². The molecule has 1 heterocycles. The molecule has 3 nitrogen and oxygen atoms in total. The third-order valence-electron chi connectivity index (χ3n) is 3.99. The highest BCUT2D eigenvalue weighted by atomic mass is 15.5.